The first kappa shape index (κ1) is 12.4. The molecule has 17 heavy (non-hydrogen) atoms. The van der Waals surface area contributed by atoms with Crippen molar-refractivity contribution >= 4 is 0 Å². The number of ether oxygens (including phenoxy) is 1. The number of nitrogens with two attached hydrogens (primary N) is 1. The molecule has 1 aromatic rings. The molecule has 0 bridgehead atoms. The Balaban J connectivity index is 2.04. The first-order valence-corrected chi connectivity index (χ1v) is 6.18. The Bertz CT molecular complexity index is 401. The second kappa shape index (κ2) is 4.67. The van der Waals surface area contributed by atoms with Crippen molar-refractivity contribution in [1.82, 2.24) is 0 Å². The molecule has 1 aliphatic carbocycles. The second-order valence-electron chi connectivity index (χ2n) is 5.07. The topological polar surface area (TPSA) is 55.5 Å². The molecule has 1 fully saturated rings. The van der Waals surface area contributed by atoms with E-state index in [-0.39, 0.29) is 6.54 Å². The summed E-state index contributed by atoms with van der Waals surface area (Å²) in [5, 5.41) is 10.3. The fourth-order valence-electron chi connectivity index (χ4n) is 2.05. The number of hydrogen-bond acceptors (Lipinski definition) is 3. The van der Waals surface area contributed by atoms with Gasteiger partial charge in [0, 0.05) is 6.54 Å². The maximum atomic E-state index is 10.3. The third-order valence-corrected chi connectivity index (χ3v) is 3.72. The highest BCUT2D eigenvalue weighted by Crippen LogP contribution is 2.39. The van der Waals surface area contributed by atoms with Gasteiger partial charge in [-0.1, -0.05) is 12.1 Å². The predicted molar refractivity (Wildman–Crippen MR) is 68.1 cm³/mol. The number of aliphatic hydroxyl groups is 1. The van der Waals surface area contributed by atoms with Crippen LogP contribution in [0.15, 0.2) is 18.2 Å². The van der Waals surface area contributed by atoms with E-state index in [1.807, 2.05) is 19.1 Å². The van der Waals surface area contributed by atoms with E-state index in [9.17, 15) is 5.11 Å². The van der Waals surface area contributed by atoms with Gasteiger partial charge < -0.3 is 15.6 Å². The summed E-state index contributed by atoms with van der Waals surface area (Å²) in [5.41, 5.74) is 7.13. The molecule has 1 saturated carbocycles. The van der Waals surface area contributed by atoms with Crippen LogP contribution in [-0.4, -0.2) is 23.9 Å². The smallest absolute Gasteiger partial charge is 0.122 e. The molecule has 0 saturated heterocycles. The number of hydrogen-bond donors (Lipinski definition) is 2. The van der Waals surface area contributed by atoms with E-state index in [0.717, 1.165) is 24.2 Å². The molecule has 3 nitrogen and oxygen atoms in total. The Labute approximate surface area is 103 Å². The van der Waals surface area contributed by atoms with Gasteiger partial charge in [-0.2, -0.15) is 0 Å². The first-order valence-electron chi connectivity index (χ1n) is 6.18. The van der Waals surface area contributed by atoms with Gasteiger partial charge in [0.15, 0.2) is 0 Å². The summed E-state index contributed by atoms with van der Waals surface area (Å²) in [6.07, 6.45) is 2.12. The standard InChI is InChI=1S/C14H21NO2/c1-10-4-3-5-13(11(10)2)17-9-14(16,8-15)12-6-7-12/h3-5,12,16H,6-9,15H2,1-2H3. The molecule has 3 heteroatoms. The van der Waals surface area contributed by atoms with Crippen LogP contribution in [0.2, 0.25) is 0 Å². The van der Waals surface area contributed by atoms with Gasteiger partial charge in [0.1, 0.15) is 18.0 Å². The van der Waals surface area contributed by atoms with Crippen LogP contribution in [0.4, 0.5) is 0 Å². The van der Waals surface area contributed by atoms with E-state index in [1.54, 1.807) is 0 Å². The molecule has 1 atom stereocenters. The lowest BCUT2D eigenvalue weighted by molar-refractivity contribution is -0.0164. The van der Waals surface area contributed by atoms with Crippen LogP contribution in [0.3, 0.4) is 0 Å². The SMILES string of the molecule is Cc1cccc(OCC(O)(CN)C2CC2)c1C. The Morgan fingerprint density at radius 2 is 2.12 bits per heavy atom. The monoisotopic (exact) mass is 235 g/mol. The second-order valence-corrected chi connectivity index (χ2v) is 5.07. The van der Waals surface area contributed by atoms with Crippen LogP contribution in [-0.2, 0) is 0 Å². The highest BCUT2D eigenvalue weighted by molar-refractivity contribution is 5.38. The largest absolute Gasteiger partial charge is 0.490 e. The average molecular weight is 235 g/mol. The number of rotatable bonds is 5. The van der Waals surface area contributed by atoms with Gasteiger partial charge in [-0.05, 0) is 49.8 Å². The molecule has 0 amide bonds. The molecule has 0 aromatic heterocycles. The number of aryl methyl sites for hydroxylation is 1. The van der Waals surface area contributed by atoms with Crippen LogP contribution < -0.4 is 10.5 Å². The van der Waals surface area contributed by atoms with Gasteiger partial charge in [-0.3, -0.25) is 0 Å². The molecule has 0 heterocycles. The van der Waals surface area contributed by atoms with Crippen molar-refractivity contribution in [2.45, 2.75) is 32.3 Å². The summed E-state index contributed by atoms with van der Waals surface area (Å²) in [6, 6.07) is 5.96. The molecule has 94 valence electrons. The van der Waals surface area contributed by atoms with Gasteiger partial charge in [-0.15, -0.1) is 0 Å². The quantitative estimate of drug-likeness (QED) is 0.818. The molecule has 1 unspecified atom stereocenters. The summed E-state index contributed by atoms with van der Waals surface area (Å²) in [4.78, 5) is 0. The third-order valence-electron chi connectivity index (χ3n) is 3.72. The van der Waals surface area contributed by atoms with Crippen molar-refractivity contribution < 1.29 is 9.84 Å². The minimum absolute atomic E-state index is 0.266. The summed E-state index contributed by atoms with van der Waals surface area (Å²) in [6.45, 7) is 4.64. The zero-order valence-electron chi connectivity index (χ0n) is 10.6. The zero-order chi connectivity index (χ0) is 12.5. The lowest BCUT2D eigenvalue weighted by atomic mass is 9.99. The van der Waals surface area contributed by atoms with E-state index in [1.165, 1.54) is 5.56 Å². The Morgan fingerprint density at radius 3 is 2.71 bits per heavy atom. The fraction of sp³-hybridized carbons (Fsp3) is 0.571. The Morgan fingerprint density at radius 1 is 1.41 bits per heavy atom. The van der Waals surface area contributed by atoms with E-state index >= 15 is 0 Å². The molecule has 2 rings (SSSR count). The Kier molecular flexibility index (Phi) is 3.40. The summed E-state index contributed by atoms with van der Waals surface area (Å²) in [7, 11) is 0. The molecule has 1 aromatic carbocycles. The minimum atomic E-state index is -0.851. The van der Waals surface area contributed by atoms with Crippen LogP contribution in [0.5, 0.6) is 5.75 Å². The van der Waals surface area contributed by atoms with Crippen molar-refractivity contribution in [2.75, 3.05) is 13.2 Å². The minimum Gasteiger partial charge on any atom is -0.490 e. The summed E-state index contributed by atoms with van der Waals surface area (Å²) < 4.78 is 5.74. The Hall–Kier alpha value is -1.06. The molecule has 0 spiro atoms. The highest BCUT2D eigenvalue weighted by atomic mass is 16.5. The first-order chi connectivity index (χ1) is 8.07. The van der Waals surface area contributed by atoms with E-state index in [0.29, 0.717) is 12.5 Å². The average Bonchev–Trinajstić information content (AvgIpc) is 3.15. The van der Waals surface area contributed by atoms with Crippen LogP contribution in [0.1, 0.15) is 24.0 Å². The van der Waals surface area contributed by atoms with Crippen LogP contribution in [0, 0.1) is 19.8 Å². The zero-order valence-corrected chi connectivity index (χ0v) is 10.6. The molecular weight excluding hydrogens is 214 g/mol. The molecule has 3 N–H and O–H groups in total. The number of benzene rings is 1. The van der Waals surface area contributed by atoms with Gasteiger partial charge >= 0.3 is 0 Å². The highest BCUT2D eigenvalue weighted by Gasteiger charge is 2.43. The molecule has 0 aliphatic heterocycles. The maximum absolute atomic E-state index is 10.3. The lowest BCUT2D eigenvalue weighted by Crippen LogP contribution is -2.45. The van der Waals surface area contributed by atoms with Crippen LogP contribution in [0.25, 0.3) is 0 Å². The van der Waals surface area contributed by atoms with E-state index in [2.05, 4.69) is 13.0 Å². The van der Waals surface area contributed by atoms with Crippen molar-refractivity contribution in [2.24, 2.45) is 11.7 Å². The van der Waals surface area contributed by atoms with Crippen molar-refractivity contribution in [3.63, 3.8) is 0 Å². The molecule has 1 aliphatic rings. The maximum Gasteiger partial charge on any atom is 0.122 e. The van der Waals surface area contributed by atoms with Gasteiger partial charge in [-0.25, -0.2) is 0 Å². The van der Waals surface area contributed by atoms with E-state index in [4.69, 9.17) is 10.5 Å². The van der Waals surface area contributed by atoms with Crippen molar-refractivity contribution in [3.8, 4) is 5.75 Å². The van der Waals surface area contributed by atoms with E-state index < -0.39 is 5.60 Å². The summed E-state index contributed by atoms with van der Waals surface area (Å²) in [5.74, 6) is 1.16. The predicted octanol–water partition coefficient (Wildman–Crippen LogP) is 1.78. The normalized spacial score (nSPS) is 18.8. The molecule has 0 radical (unpaired) electrons. The van der Waals surface area contributed by atoms with Crippen molar-refractivity contribution in [3.05, 3.63) is 29.3 Å². The van der Waals surface area contributed by atoms with Gasteiger partial charge in [0.05, 0.1) is 0 Å². The van der Waals surface area contributed by atoms with Crippen LogP contribution >= 0.6 is 0 Å². The van der Waals surface area contributed by atoms with Gasteiger partial charge in [0.2, 0.25) is 0 Å². The molecular formula is C14H21NO2. The van der Waals surface area contributed by atoms with Crippen molar-refractivity contribution in [1.29, 1.82) is 0 Å². The van der Waals surface area contributed by atoms with Gasteiger partial charge in [0.25, 0.3) is 0 Å². The summed E-state index contributed by atoms with van der Waals surface area (Å²) >= 11 is 0. The lowest BCUT2D eigenvalue weighted by Gasteiger charge is -2.27. The third kappa shape index (κ3) is 2.61. The fourth-order valence-corrected chi connectivity index (χ4v) is 2.05.